The van der Waals surface area contributed by atoms with Crippen molar-refractivity contribution in [3.63, 3.8) is 0 Å². The molecule has 0 saturated carbocycles. The highest BCUT2D eigenvalue weighted by Crippen LogP contribution is 2.37. The molecule has 2 aromatic carbocycles. The van der Waals surface area contributed by atoms with Crippen LogP contribution in [0.5, 0.6) is 17.2 Å². The van der Waals surface area contributed by atoms with E-state index in [-0.39, 0.29) is 17.9 Å². The van der Waals surface area contributed by atoms with E-state index < -0.39 is 0 Å². The zero-order valence-electron chi connectivity index (χ0n) is 16.5. The normalized spacial score (nSPS) is 20.1. The highest BCUT2D eigenvalue weighted by molar-refractivity contribution is 5.77. The number of nitrogens with two attached hydrogens (primary N) is 1. The van der Waals surface area contributed by atoms with Crippen molar-refractivity contribution in [2.24, 2.45) is 17.6 Å². The van der Waals surface area contributed by atoms with Gasteiger partial charge in [0.1, 0.15) is 25.1 Å². The van der Waals surface area contributed by atoms with Gasteiger partial charge in [0.2, 0.25) is 5.91 Å². The minimum absolute atomic E-state index is 0.190. The second kappa shape index (κ2) is 9.18. The predicted molar refractivity (Wildman–Crippen MR) is 110 cm³/mol. The lowest BCUT2D eigenvalue weighted by atomic mass is 9.81. The monoisotopic (exact) mass is 396 g/mol. The number of piperidine rings is 1. The molecule has 2 aromatic rings. The van der Waals surface area contributed by atoms with E-state index in [1.807, 2.05) is 48.5 Å². The Kier molecular flexibility index (Phi) is 6.20. The fraction of sp³-hybridized carbons (Fsp3) is 0.435. The van der Waals surface area contributed by atoms with Gasteiger partial charge in [-0.05, 0) is 56.0 Å². The van der Waals surface area contributed by atoms with Crippen molar-refractivity contribution in [3.05, 3.63) is 54.1 Å². The molecule has 1 unspecified atom stereocenters. The molecule has 0 aliphatic carbocycles. The van der Waals surface area contributed by atoms with Crippen LogP contribution in [-0.4, -0.2) is 31.7 Å². The summed E-state index contributed by atoms with van der Waals surface area (Å²) in [6.07, 6.45) is 2.32. The van der Waals surface area contributed by atoms with E-state index in [2.05, 4.69) is 5.32 Å². The summed E-state index contributed by atoms with van der Waals surface area (Å²) in [4.78, 5) is 12.1. The largest absolute Gasteiger partial charge is 0.489 e. The zero-order chi connectivity index (χ0) is 20.1. The van der Waals surface area contributed by atoms with E-state index in [4.69, 9.17) is 19.9 Å². The molecular formula is C23H28N2O4. The Morgan fingerprint density at radius 3 is 2.69 bits per heavy atom. The van der Waals surface area contributed by atoms with Gasteiger partial charge in [-0.1, -0.05) is 30.3 Å². The van der Waals surface area contributed by atoms with Crippen LogP contribution in [-0.2, 0) is 11.4 Å². The molecule has 29 heavy (non-hydrogen) atoms. The number of rotatable bonds is 7. The third-order valence-corrected chi connectivity index (χ3v) is 5.72. The number of ether oxygens (including phenoxy) is 3. The van der Waals surface area contributed by atoms with Crippen LogP contribution in [0.2, 0.25) is 0 Å². The molecule has 6 nitrogen and oxygen atoms in total. The third kappa shape index (κ3) is 5.01. The summed E-state index contributed by atoms with van der Waals surface area (Å²) in [5, 5.41) is 3.33. The zero-order valence-corrected chi connectivity index (χ0v) is 16.5. The fourth-order valence-electron chi connectivity index (χ4n) is 4.11. The maximum Gasteiger partial charge on any atom is 0.220 e. The number of nitrogens with one attached hydrogen (secondary N) is 1. The Balaban J connectivity index is 1.39. The van der Waals surface area contributed by atoms with Gasteiger partial charge >= 0.3 is 0 Å². The molecule has 6 heteroatoms. The van der Waals surface area contributed by atoms with Crippen LogP contribution in [0.25, 0.3) is 0 Å². The molecule has 2 aliphatic rings. The topological polar surface area (TPSA) is 82.8 Å². The Morgan fingerprint density at radius 2 is 1.93 bits per heavy atom. The van der Waals surface area contributed by atoms with Gasteiger partial charge in [0.25, 0.3) is 0 Å². The Labute approximate surface area is 171 Å². The maximum absolute atomic E-state index is 12.1. The molecule has 0 aromatic heterocycles. The number of amides is 1. The van der Waals surface area contributed by atoms with Crippen LogP contribution in [0.1, 0.15) is 24.8 Å². The first-order valence-electron chi connectivity index (χ1n) is 10.3. The van der Waals surface area contributed by atoms with Crippen LogP contribution in [0, 0.1) is 11.8 Å². The number of carbonyl (C=O) groups excluding carboxylic acids is 1. The summed E-state index contributed by atoms with van der Waals surface area (Å²) in [7, 11) is 0. The van der Waals surface area contributed by atoms with Crippen molar-refractivity contribution in [2.45, 2.75) is 32.0 Å². The van der Waals surface area contributed by atoms with Crippen molar-refractivity contribution in [1.29, 1.82) is 0 Å². The van der Waals surface area contributed by atoms with Gasteiger partial charge in [-0.25, -0.2) is 0 Å². The average molecular weight is 396 g/mol. The molecule has 0 spiro atoms. The lowest BCUT2D eigenvalue weighted by Gasteiger charge is -2.33. The van der Waals surface area contributed by atoms with E-state index >= 15 is 0 Å². The van der Waals surface area contributed by atoms with E-state index in [9.17, 15) is 4.79 Å². The molecule has 3 N–H and O–H groups in total. The van der Waals surface area contributed by atoms with Crippen LogP contribution in [0.15, 0.2) is 48.5 Å². The number of benzene rings is 2. The SMILES string of the molecule is NC(=O)C(C[C@@H]1COc2ccc(OCc3ccccc3)cc2O1)C1CCNCC1. The minimum Gasteiger partial charge on any atom is -0.489 e. The van der Waals surface area contributed by atoms with Gasteiger partial charge in [0.05, 0.1) is 0 Å². The number of carbonyl (C=O) groups is 1. The molecule has 1 saturated heterocycles. The number of fused-ring (bicyclic) bond motifs is 1. The Bertz CT molecular complexity index is 821. The van der Waals surface area contributed by atoms with Gasteiger partial charge in [-0.15, -0.1) is 0 Å². The van der Waals surface area contributed by atoms with Gasteiger partial charge in [-0.2, -0.15) is 0 Å². The standard InChI is InChI=1S/C23H28N2O4/c24-23(26)20(17-8-10-25-11-9-17)12-19-15-28-21-7-6-18(13-22(21)29-19)27-14-16-4-2-1-3-5-16/h1-7,13,17,19-20,25H,8-12,14-15H2,(H2,24,26)/t19-,20?/m1/s1. The highest BCUT2D eigenvalue weighted by atomic mass is 16.6. The van der Waals surface area contributed by atoms with E-state index in [0.29, 0.717) is 37.1 Å². The summed E-state index contributed by atoms with van der Waals surface area (Å²) in [5.41, 5.74) is 6.83. The van der Waals surface area contributed by atoms with Crippen LogP contribution in [0.4, 0.5) is 0 Å². The predicted octanol–water partition coefficient (Wildman–Crippen LogP) is 2.90. The first kappa shape index (κ1) is 19.6. The fourth-order valence-corrected chi connectivity index (χ4v) is 4.11. The maximum atomic E-state index is 12.1. The van der Waals surface area contributed by atoms with Crippen LogP contribution in [0.3, 0.4) is 0 Å². The molecule has 0 bridgehead atoms. The molecule has 2 atom stereocenters. The minimum atomic E-state index is -0.244. The van der Waals surface area contributed by atoms with E-state index in [1.54, 1.807) is 0 Å². The molecule has 4 rings (SSSR count). The second-order valence-electron chi connectivity index (χ2n) is 7.77. The highest BCUT2D eigenvalue weighted by Gasteiger charge is 2.33. The molecule has 2 heterocycles. The molecular weight excluding hydrogens is 368 g/mol. The number of hydrogen-bond donors (Lipinski definition) is 2. The summed E-state index contributed by atoms with van der Waals surface area (Å²) < 4.78 is 17.9. The van der Waals surface area contributed by atoms with Crippen LogP contribution < -0.4 is 25.3 Å². The lowest BCUT2D eigenvalue weighted by Crippen LogP contribution is -2.41. The van der Waals surface area contributed by atoms with Crippen molar-refractivity contribution in [2.75, 3.05) is 19.7 Å². The second-order valence-corrected chi connectivity index (χ2v) is 7.77. The average Bonchev–Trinajstić information content (AvgIpc) is 2.77. The van der Waals surface area contributed by atoms with Crippen molar-refractivity contribution >= 4 is 5.91 Å². The van der Waals surface area contributed by atoms with E-state index in [0.717, 1.165) is 37.2 Å². The summed E-state index contributed by atoms with van der Waals surface area (Å²) in [6, 6.07) is 15.6. The Hall–Kier alpha value is -2.73. The molecule has 1 fully saturated rings. The summed E-state index contributed by atoms with van der Waals surface area (Å²) >= 11 is 0. The van der Waals surface area contributed by atoms with Crippen molar-refractivity contribution < 1.29 is 19.0 Å². The summed E-state index contributed by atoms with van der Waals surface area (Å²) in [6.45, 7) is 2.78. The van der Waals surface area contributed by atoms with Gasteiger partial charge in [-0.3, -0.25) is 4.79 Å². The lowest BCUT2D eigenvalue weighted by molar-refractivity contribution is -0.125. The van der Waals surface area contributed by atoms with Crippen LogP contribution >= 0.6 is 0 Å². The molecule has 1 amide bonds. The number of primary amides is 1. The van der Waals surface area contributed by atoms with Gasteiger partial charge in [0, 0.05) is 12.0 Å². The molecule has 2 aliphatic heterocycles. The van der Waals surface area contributed by atoms with Crippen molar-refractivity contribution in [1.82, 2.24) is 5.32 Å². The first-order valence-corrected chi connectivity index (χ1v) is 10.3. The Morgan fingerprint density at radius 1 is 1.14 bits per heavy atom. The smallest absolute Gasteiger partial charge is 0.220 e. The first-order chi connectivity index (χ1) is 14.2. The third-order valence-electron chi connectivity index (χ3n) is 5.72. The van der Waals surface area contributed by atoms with E-state index in [1.165, 1.54) is 0 Å². The number of hydrogen-bond acceptors (Lipinski definition) is 5. The van der Waals surface area contributed by atoms with Gasteiger partial charge < -0.3 is 25.3 Å². The quantitative estimate of drug-likeness (QED) is 0.752. The molecule has 0 radical (unpaired) electrons. The summed E-state index contributed by atoms with van der Waals surface area (Å²) in [5.74, 6) is 1.95. The van der Waals surface area contributed by atoms with Gasteiger partial charge in [0.15, 0.2) is 11.5 Å². The molecule has 154 valence electrons. The van der Waals surface area contributed by atoms with Crippen molar-refractivity contribution in [3.8, 4) is 17.2 Å².